The van der Waals surface area contributed by atoms with Gasteiger partial charge >= 0.3 is 6.18 Å². The number of pyridine rings is 1. The van der Waals surface area contributed by atoms with Crippen LogP contribution in [0.5, 0.6) is 0 Å². The average molecular weight is 562 g/mol. The van der Waals surface area contributed by atoms with Crippen molar-refractivity contribution in [3.05, 3.63) is 71.7 Å². The summed E-state index contributed by atoms with van der Waals surface area (Å²) in [6.45, 7) is 0.0972. The smallest absolute Gasteiger partial charge is 0.351 e. The summed E-state index contributed by atoms with van der Waals surface area (Å²) in [5.41, 5.74) is 2.33. The summed E-state index contributed by atoms with van der Waals surface area (Å²) < 4.78 is 79.8. The number of hydrogen-bond donors (Lipinski definition) is 1. The first-order chi connectivity index (χ1) is 18.5. The average Bonchev–Trinajstić information content (AvgIpc) is 3.55. The predicted molar refractivity (Wildman–Crippen MR) is 130 cm³/mol. The lowest BCUT2D eigenvalue weighted by Crippen LogP contribution is -2.46. The van der Waals surface area contributed by atoms with Gasteiger partial charge in [-0.15, -0.1) is 0 Å². The Morgan fingerprint density at radius 3 is 2.31 bits per heavy atom. The lowest BCUT2D eigenvalue weighted by molar-refractivity contribution is -0.145. The Morgan fingerprint density at radius 2 is 1.69 bits per heavy atom. The van der Waals surface area contributed by atoms with Gasteiger partial charge in [0, 0.05) is 36.7 Å². The van der Waals surface area contributed by atoms with Crippen LogP contribution in [-0.4, -0.2) is 45.7 Å². The maximum absolute atomic E-state index is 13.4. The molecular weight excluding hydrogens is 538 g/mol. The second kappa shape index (κ2) is 9.33. The highest BCUT2D eigenvalue weighted by atomic mass is 32.2. The van der Waals surface area contributed by atoms with Gasteiger partial charge in [-0.2, -0.15) is 17.5 Å². The molecule has 204 valence electrons. The molecule has 2 saturated heterocycles. The van der Waals surface area contributed by atoms with Crippen LogP contribution in [0.25, 0.3) is 11.3 Å². The van der Waals surface area contributed by atoms with Crippen molar-refractivity contribution in [2.24, 2.45) is 5.92 Å². The summed E-state index contributed by atoms with van der Waals surface area (Å²) in [4.78, 5) is 24.5. The van der Waals surface area contributed by atoms with Gasteiger partial charge in [0.1, 0.15) is 11.9 Å². The first-order valence-corrected chi connectivity index (χ1v) is 13.9. The number of fused-ring (bicyclic) bond motifs is 1. The highest BCUT2D eigenvalue weighted by Gasteiger charge is 2.58. The molecule has 8 nitrogen and oxygen atoms in total. The number of amides is 1. The zero-order valence-corrected chi connectivity index (χ0v) is 21.2. The maximum atomic E-state index is 13.4. The van der Waals surface area contributed by atoms with E-state index in [1.165, 1.54) is 16.4 Å². The topological polar surface area (TPSA) is 105 Å². The zero-order chi connectivity index (χ0) is 27.5. The molecule has 1 aromatic carbocycles. The molecule has 4 aliphatic rings. The second-order valence-electron chi connectivity index (χ2n) is 10.2. The Balaban J connectivity index is 1.22. The van der Waals surface area contributed by atoms with Gasteiger partial charge in [-0.1, -0.05) is 0 Å². The number of carbonyl (C=O) groups is 1. The molecule has 1 N–H and O–H groups in total. The molecule has 0 spiro atoms. The standard InChI is InChI=1S/C26H23F4N5O3S/c27-18-3-5-20(6-4-18)39(37,38)35-19-7-15(8-19)23(35)24(36)32-10-16-9-22(31-13-21(16)14-1-2-14)17-11-33-25(34-12-17)26(28,29)30/h3-6,9,11-15,19,23H,1-2,7-8,10H2,(H,32,36)/t15?,19?,23-/m0/s1. The number of alkyl halides is 3. The van der Waals surface area contributed by atoms with E-state index in [0.717, 1.165) is 48.5 Å². The van der Waals surface area contributed by atoms with E-state index in [1.54, 1.807) is 12.3 Å². The summed E-state index contributed by atoms with van der Waals surface area (Å²) in [6.07, 6.45) is 2.20. The van der Waals surface area contributed by atoms with E-state index < -0.39 is 39.8 Å². The molecule has 0 radical (unpaired) electrons. The minimum atomic E-state index is -4.66. The van der Waals surface area contributed by atoms with Crippen molar-refractivity contribution in [3.63, 3.8) is 0 Å². The van der Waals surface area contributed by atoms with Crippen molar-refractivity contribution in [2.45, 2.75) is 61.3 Å². The molecule has 2 aliphatic heterocycles. The van der Waals surface area contributed by atoms with Gasteiger partial charge in [0.25, 0.3) is 0 Å². The zero-order valence-electron chi connectivity index (χ0n) is 20.4. The number of aromatic nitrogens is 3. The molecule has 0 unspecified atom stereocenters. The van der Waals surface area contributed by atoms with Gasteiger partial charge in [-0.25, -0.2) is 22.8 Å². The Hall–Kier alpha value is -3.45. The first-order valence-electron chi connectivity index (χ1n) is 12.5. The summed E-state index contributed by atoms with van der Waals surface area (Å²) >= 11 is 0. The van der Waals surface area contributed by atoms with Crippen molar-refractivity contribution in [2.75, 3.05) is 0 Å². The van der Waals surface area contributed by atoms with Gasteiger partial charge in [-0.05, 0) is 79.0 Å². The van der Waals surface area contributed by atoms with E-state index in [0.29, 0.717) is 24.1 Å². The fourth-order valence-electron chi connectivity index (χ4n) is 5.41. The molecule has 2 aromatic heterocycles. The van der Waals surface area contributed by atoms with Crippen molar-refractivity contribution < 1.29 is 30.8 Å². The Labute approximate surface area is 221 Å². The van der Waals surface area contributed by atoms with Crippen LogP contribution >= 0.6 is 0 Å². The Bertz CT molecular complexity index is 1520. The highest BCUT2D eigenvalue weighted by Crippen LogP contribution is 2.48. The maximum Gasteiger partial charge on any atom is 0.451 e. The van der Waals surface area contributed by atoms with Crippen LogP contribution in [0.3, 0.4) is 0 Å². The number of nitrogens with one attached hydrogen (secondary N) is 1. The van der Waals surface area contributed by atoms with Gasteiger partial charge < -0.3 is 5.32 Å². The van der Waals surface area contributed by atoms with E-state index in [-0.39, 0.29) is 29.3 Å². The molecule has 4 fully saturated rings. The minimum absolute atomic E-state index is 0.0668. The molecule has 2 aliphatic carbocycles. The van der Waals surface area contributed by atoms with Gasteiger partial charge in [0.05, 0.1) is 10.6 Å². The van der Waals surface area contributed by atoms with Crippen molar-refractivity contribution in [3.8, 4) is 11.3 Å². The monoisotopic (exact) mass is 561 g/mol. The van der Waals surface area contributed by atoms with E-state index in [1.807, 2.05) is 0 Å². The largest absolute Gasteiger partial charge is 0.451 e. The lowest BCUT2D eigenvalue weighted by Gasteiger charge is -2.25. The summed E-state index contributed by atoms with van der Waals surface area (Å²) in [7, 11) is -4.01. The third kappa shape index (κ3) is 4.78. The van der Waals surface area contributed by atoms with Crippen LogP contribution in [0.2, 0.25) is 0 Å². The molecule has 1 atom stereocenters. The predicted octanol–water partition coefficient (Wildman–Crippen LogP) is 4.04. The number of benzene rings is 1. The fourth-order valence-corrected chi connectivity index (χ4v) is 7.26. The Morgan fingerprint density at radius 1 is 1.03 bits per heavy atom. The lowest BCUT2D eigenvalue weighted by atomic mass is 9.83. The molecular formula is C26H23F4N5O3S. The summed E-state index contributed by atoms with van der Waals surface area (Å²) in [5.74, 6) is -2.06. The number of sulfonamides is 1. The normalized spacial score (nSPS) is 22.9. The number of rotatable bonds is 7. The number of halogens is 4. The van der Waals surface area contributed by atoms with Crippen LogP contribution < -0.4 is 5.32 Å². The van der Waals surface area contributed by atoms with Crippen LogP contribution in [0.4, 0.5) is 17.6 Å². The molecule has 3 aromatic rings. The van der Waals surface area contributed by atoms with Crippen LogP contribution in [-0.2, 0) is 27.5 Å². The van der Waals surface area contributed by atoms with Gasteiger partial charge in [-0.3, -0.25) is 9.78 Å². The third-order valence-corrected chi connectivity index (χ3v) is 9.53. The van der Waals surface area contributed by atoms with Gasteiger partial charge in [0.2, 0.25) is 21.8 Å². The molecule has 2 saturated carbocycles. The van der Waals surface area contributed by atoms with Gasteiger partial charge in [0.15, 0.2) is 0 Å². The van der Waals surface area contributed by atoms with Crippen molar-refractivity contribution in [1.82, 2.24) is 24.6 Å². The van der Waals surface area contributed by atoms with Crippen LogP contribution in [0.1, 0.15) is 48.6 Å². The Kier molecular flexibility index (Phi) is 6.18. The van der Waals surface area contributed by atoms with E-state index in [9.17, 15) is 30.8 Å². The highest BCUT2D eigenvalue weighted by molar-refractivity contribution is 7.89. The number of nitrogens with zero attached hydrogens (tertiary/aromatic N) is 4. The summed E-state index contributed by atoms with van der Waals surface area (Å²) in [5, 5.41) is 2.88. The minimum Gasteiger partial charge on any atom is -0.351 e. The van der Waals surface area contributed by atoms with Crippen LogP contribution in [0, 0.1) is 11.7 Å². The van der Waals surface area contributed by atoms with Crippen molar-refractivity contribution >= 4 is 15.9 Å². The molecule has 1 amide bonds. The van der Waals surface area contributed by atoms with Crippen molar-refractivity contribution in [1.29, 1.82) is 0 Å². The molecule has 13 heteroatoms. The molecule has 4 heterocycles. The quantitative estimate of drug-likeness (QED) is 0.437. The second-order valence-corrected chi connectivity index (χ2v) is 12.0. The van der Waals surface area contributed by atoms with Crippen LogP contribution in [0.15, 0.2) is 53.8 Å². The molecule has 7 rings (SSSR count). The molecule has 39 heavy (non-hydrogen) atoms. The first kappa shape index (κ1) is 25.8. The van der Waals surface area contributed by atoms with E-state index in [4.69, 9.17) is 0 Å². The fraction of sp³-hybridized carbons (Fsp3) is 0.385. The molecule has 2 bridgehead atoms. The van der Waals surface area contributed by atoms with E-state index in [2.05, 4.69) is 20.3 Å². The number of hydrogen-bond acceptors (Lipinski definition) is 6. The summed E-state index contributed by atoms with van der Waals surface area (Å²) in [6, 6.07) is 5.08. The van der Waals surface area contributed by atoms with E-state index >= 15 is 0 Å². The number of carbonyl (C=O) groups excluding carboxylic acids is 1. The SMILES string of the molecule is O=C(NCc1cc(-c2cnc(C(F)(F)F)nc2)ncc1C1CC1)[C@@H]1C2CC(C2)N1S(=O)(=O)c1ccc(F)cc1. The third-order valence-electron chi connectivity index (χ3n) is 7.58.